The summed E-state index contributed by atoms with van der Waals surface area (Å²) in [5, 5.41) is 2.60. The van der Waals surface area contributed by atoms with Gasteiger partial charge < -0.3 is 10.2 Å². The molecule has 2 aromatic heterocycles. The maximum absolute atomic E-state index is 12.0. The maximum atomic E-state index is 12.0. The topological polar surface area (TPSA) is 95.2 Å². The zero-order chi connectivity index (χ0) is 12.9. The number of pyridine rings is 1. The Morgan fingerprint density at radius 2 is 2.16 bits per heavy atom. The van der Waals surface area contributed by atoms with Crippen molar-refractivity contribution in [2.45, 2.75) is 13.5 Å². The van der Waals surface area contributed by atoms with Crippen molar-refractivity contribution >= 4 is 58.2 Å². The van der Waals surface area contributed by atoms with Gasteiger partial charge in [0.25, 0.3) is 0 Å². The Bertz CT molecular complexity index is 748. The molecule has 8 nitrogen and oxygen atoms in total. The molecule has 0 aliphatic carbocycles. The van der Waals surface area contributed by atoms with Crippen LogP contribution in [0.3, 0.4) is 0 Å². The maximum Gasteiger partial charge on any atom is 0.363 e. The second-order valence-electron chi connectivity index (χ2n) is 3.85. The Kier molecular flexibility index (Phi) is 3.48. The van der Waals surface area contributed by atoms with E-state index in [9.17, 15) is 14.4 Å². The van der Waals surface area contributed by atoms with Crippen molar-refractivity contribution in [2.75, 3.05) is 5.32 Å². The van der Waals surface area contributed by atoms with Crippen molar-refractivity contribution < 1.29 is 14.4 Å². The fourth-order valence-corrected chi connectivity index (χ4v) is 1.97. The van der Waals surface area contributed by atoms with E-state index in [1.54, 1.807) is 0 Å². The first-order chi connectivity index (χ1) is 8.58. The van der Waals surface area contributed by atoms with Crippen LogP contribution in [0.4, 0.5) is 5.69 Å². The summed E-state index contributed by atoms with van der Waals surface area (Å²) in [6, 6.07) is 0. The fourth-order valence-electron chi connectivity index (χ4n) is 1.97. The first-order valence-corrected chi connectivity index (χ1v) is 5.16. The Morgan fingerprint density at radius 1 is 1.42 bits per heavy atom. The molecule has 3 heterocycles. The number of amides is 1. The number of nitrogens with zero attached hydrogens (tertiary/aromatic N) is 3. The molecule has 0 atom stereocenters. The quantitative estimate of drug-likeness (QED) is 0.653. The summed E-state index contributed by atoms with van der Waals surface area (Å²) < 4.78 is 2.09. The number of hydrogen-bond acceptors (Lipinski definition) is 5. The van der Waals surface area contributed by atoms with Crippen LogP contribution in [0.1, 0.15) is 6.92 Å². The molecule has 0 spiro atoms. The monoisotopic (exact) mass is 271 g/mol. The number of anilines is 1. The molecule has 0 bridgehead atoms. The summed E-state index contributed by atoms with van der Waals surface area (Å²) in [7, 11) is 0. The second kappa shape index (κ2) is 4.80. The molecule has 1 N–H and O–H groups in total. The first kappa shape index (κ1) is 13.8. The predicted molar refractivity (Wildman–Crippen MR) is 65.6 cm³/mol. The molecule has 1 aliphatic rings. The van der Waals surface area contributed by atoms with E-state index in [0.29, 0.717) is 16.7 Å². The van der Waals surface area contributed by atoms with E-state index in [2.05, 4.69) is 10.3 Å². The zero-order valence-electron chi connectivity index (χ0n) is 10.3. The van der Waals surface area contributed by atoms with Crippen molar-refractivity contribution in [3.63, 3.8) is 0 Å². The van der Waals surface area contributed by atoms with Crippen LogP contribution in [0.25, 0.3) is 11.0 Å². The van der Waals surface area contributed by atoms with Gasteiger partial charge in [0.15, 0.2) is 0 Å². The van der Waals surface area contributed by atoms with Crippen LogP contribution in [-0.4, -0.2) is 55.7 Å². The molecule has 19 heavy (non-hydrogen) atoms. The Balaban J connectivity index is 0.00000133. The first-order valence-electron chi connectivity index (χ1n) is 5.16. The molecule has 2 aromatic rings. The van der Waals surface area contributed by atoms with Gasteiger partial charge in [-0.05, 0) is 0 Å². The Morgan fingerprint density at radius 3 is 2.84 bits per heavy atom. The number of imidazole rings is 1. The predicted octanol–water partition coefficient (Wildman–Crippen LogP) is -1.26. The fraction of sp³-hybridized carbons (Fsp3) is 0.200. The van der Waals surface area contributed by atoms with Gasteiger partial charge >= 0.3 is 11.7 Å². The average molecular weight is 271 g/mol. The minimum absolute atomic E-state index is 0. The van der Waals surface area contributed by atoms with Crippen LogP contribution >= 0.6 is 0 Å². The standard InChI is InChI=1S/C10H8N4O4.Na/c1-5(15)18-14-7-3-11-2-6-9(7)13(10(14)17)4-8(16)12-6;/h2-3H,4H2,1H3,(H,12,16);. The van der Waals surface area contributed by atoms with Gasteiger partial charge in [0, 0.05) is 36.5 Å². The molecule has 1 radical (unpaired) electrons. The SMILES string of the molecule is CC(=O)On1c(=O)n2c3c(cncc31)NC(=O)C2.[Na]. The normalized spacial score (nSPS) is 12.8. The largest absolute Gasteiger partial charge is 0.363 e. The summed E-state index contributed by atoms with van der Waals surface area (Å²) in [6.45, 7) is 1.08. The number of carbonyl (C=O) groups excluding carboxylic acids is 2. The minimum atomic E-state index is -0.625. The van der Waals surface area contributed by atoms with Crippen molar-refractivity contribution in [2.24, 2.45) is 0 Å². The van der Waals surface area contributed by atoms with Crippen molar-refractivity contribution in [1.82, 2.24) is 14.3 Å². The van der Waals surface area contributed by atoms with Gasteiger partial charge in [-0.2, -0.15) is 0 Å². The van der Waals surface area contributed by atoms with Crippen LogP contribution in [0.5, 0.6) is 0 Å². The van der Waals surface area contributed by atoms with Crippen LogP contribution in [0.15, 0.2) is 17.2 Å². The molecule has 1 amide bonds. The number of rotatable bonds is 1. The van der Waals surface area contributed by atoms with Gasteiger partial charge in [-0.15, -0.1) is 4.73 Å². The number of aromatic nitrogens is 3. The summed E-state index contributed by atoms with van der Waals surface area (Å²) in [4.78, 5) is 43.2. The smallest absolute Gasteiger partial charge is 0.332 e. The number of nitrogens with one attached hydrogen (secondary N) is 1. The summed E-state index contributed by atoms with van der Waals surface area (Å²) in [6.07, 6.45) is 2.84. The van der Waals surface area contributed by atoms with E-state index in [1.807, 2.05) is 0 Å². The Labute approximate surface area is 128 Å². The molecule has 0 saturated heterocycles. The molecule has 1 aliphatic heterocycles. The zero-order valence-corrected chi connectivity index (χ0v) is 12.3. The van der Waals surface area contributed by atoms with E-state index in [4.69, 9.17) is 4.84 Å². The van der Waals surface area contributed by atoms with Crippen LogP contribution in [0, 0.1) is 0 Å². The molecule has 93 valence electrons. The van der Waals surface area contributed by atoms with Crippen LogP contribution in [-0.2, 0) is 16.1 Å². The summed E-state index contributed by atoms with van der Waals surface area (Å²) in [5.41, 5.74) is 0.680. The van der Waals surface area contributed by atoms with Gasteiger partial charge in [-0.3, -0.25) is 14.3 Å². The average Bonchev–Trinajstić information content (AvgIpc) is 2.56. The Hall–Kier alpha value is -1.64. The molecule has 0 saturated carbocycles. The number of hydrogen-bond donors (Lipinski definition) is 1. The molecule has 0 unspecified atom stereocenters. The van der Waals surface area contributed by atoms with Crippen molar-refractivity contribution in [3.05, 3.63) is 22.9 Å². The molecule has 3 rings (SSSR count). The molecule has 0 aromatic carbocycles. The van der Waals surface area contributed by atoms with E-state index in [0.717, 1.165) is 4.73 Å². The molecular weight excluding hydrogens is 263 g/mol. The van der Waals surface area contributed by atoms with Crippen LogP contribution < -0.4 is 15.8 Å². The van der Waals surface area contributed by atoms with E-state index in [-0.39, 0.29) is 42.0 Å². The summed E-state index contributed by atoms with van der Waals surface area (Å²) in [5.74, 6) is -0.945. The van der Waals surface area contributed by atoms with Crippen LogP contribution in [0.2, 0.25) is 0 Å². The van der Waals surface area contributed by atoms with Gasteiger partial charge in [0.05, 0.1) is 18.1 Å². The van der Waals surface area contributed by atoms with Gasteiger partial charge in [-0.25, -0.2) is 9.59 Å². The van der Waals surface area contributed by atoms with Crippen molar-refractivity contribution in [3.8, 4) is 0 Å². The minimum Gasteiger partial charge on any atom is -0.332 e. The van der Waals surface area contributed by atoms with Gasteiger partial charge in [-0.1, -0.05) is 0 Å². The molecule has 0 fully saturated rings. The molecular formula is C10H8N4NaO4. The van der Waals surface area contributed by atoms with E-state index < -0.39 is 11.7 Å². The van der Waals surface area contributed by atoms with E-state index >= 15 is 0 Å². The van der Waals surface area contributed by atoms with Gasteiger partial charge in [0.1, 0.15) is 17.6 Å². The third-order valence-electron chi connectivity index (χ3n) is 2.59. The second-order valence-corrected chi connectivity index (χ2v) is 3.85. The summed E-state index contributed by atoms with van der Waals surface area (Å²) >= 11 is 0. The third kappa shape index (κ3) is 2.07. The van der Waals surface area contributed by atoms with Crippen molar-refractivity contribution in [1.29, 1.82) is 0 Å². The third-order valence-corrected chi connectivity index (χ3v) is 2.59. The molecule has 9 heteroatoms. The van der Waals surface area contributed by atoms with E-state index in [1.165, 1.54) is 23.9 Å². The number of carbonyl (C=O) groups is 2. The van der Waals surface area contributed by atoms with Gasteiger partial charge in [0.2, 0.25) is 5.91 Å².